The Kier molecular flexibility index (Phi) is 7.21. The van der Waals surface area contributed by atoms with Crippen LogP contribution in [0.5, 0.6) is 5.75 Å². The van der Waals surface area contributed by atoms with Crippen LogP contribution in [0.3, 0.4) is 0 Å². The van der Waals surface area contributed by atoms with E-state index in [9.17, 15) is 4.79 Å². The fourth-order valence-corrected chi connectivity index (χ4v) is 3.56. The van der Waals surface area contributed by atoms with Crippen LogP contribution in [-0.4, -0.2) is 21.8 Å². The summed E-state index contributed by atoms with van der Waals surface area (Å²) >= 11 is 1.59. The number of aryl methyl sites for hydroxylation is 2. The summed E-state index contributed by atoms with van der Waals surface area (Å²) in [5, 5.41) is 2.97. The number of thiazole rings is 1. The van der Waals surface area contributed by atoms with Crippen molar-refractivity contribution in [2.75, 3.05) is 0 Å². The second kappa shape index (κ2) is 9.17. The Morgan fingerprint density at radius 1 is 1.27 bits per heavy atom. The molecule has 142 valence electrons. The van der Waals surface area contributed by atoms with Gasteiger partial charge < -0.3 is 9.64 Å². The molecule has 0 bridgehead atoms. The summed E-state index contributed by atoms with van der Waals surface area (Å²) in [5.41, 5.74) is 4.55. The summed E-state index contributed by atoms with van der Waals surface area (Å²) < 4.78 is 6.01. The number of nitrogens with zero attached hydrogens (tertiary/aromatic N) is 2. The minimum absolute atomic E-state index is 0.177. The Balaban J connectivity index is 2.04. The van der Waals surface area contributed by atoms with Gasteiger partial charge in [0.05, 0.1) is 12.2 Å². The summed E-state index contributed by atoms with van der Waals surface area (Å²) in [7, 11) is 0. The van der Waals surface area contributed by atoms with E-state index >= 15 is 0 Å². The van der Waals surface area contributed by atoms with Crippen LogP contribution >= 0.6 is 11.3 Å². The van der Waals surface area contributed by atoms with Gasteiger partial charge in [-0.05, 0) is 56.9 Å². The molecule has 0 aliphatic rings. The number of aromatic nitrogens is 1. The van der Waals surface area contributed by atoms with Gasteiger partial charge in [0.25, 0.3) is 0 Å². The number of hydrogen-bond acceptors (Lipinski definition) is 4. The first kappa shape index (κ1) is 20.4. The molecule has 0 aliphatic heterocycles. The molecule has 5 heteroatoms. The smallest absolute Gasteiger partial charge is 0.222 e. The molecule has 1 aromatic heterocycles. The number of ether oxygens (including phenoxy) is 1. The van der Waals surface area contributed by atoms with Gasteiger partial charge in [-0.15, -0.1) is 11.3 Å². The lowest BCUT2D eigenvalue weighted by Gasteiger charge is -2.27. The molecule has 0 N–H and O–H groups in total. The van der Waals surface area contributed by atoms with Crippen LogP contribution in [0.15, 0.2) is 17.5 Å². The minimum atomic E-state index is 0.177. The zero-order valence-electron chi connectivity index (χ0n) is 16.8. The van der Waals surface area contributed by atoms with Crippen molar-refractivity contribution < 1.29 is 9.53 Å². The molecule has 4 nitrogen and oxygen atoms in total. The Bertz CT molecular complexity index is 754. The second-order valence-corrected chi connectivity index (χ2v) is 7.80. The maximum absolute atomic E-state index is 12.2. The number of hydrogen-bond donors (Lipinski definition) is 0. The molecule has 0 radical (unpaired) electrons. The summed E-state index contributed by atoms with van der Waals surface area (Å²) in [4.78, 5) is 18.8. The van der Waals surface area contributed by atoms with Crippen molar-refractivity contribution in [1.29, 1.82) is 0 Å². The van der Waals surface area contributed by atoms with E-state index in [2.05, 4.69) is 51.7 Å². The molecule has 1 amide bonds. The zero-order chi connectivity index (χ0) is 19.3. The standard InChI is InChI=1S/C21H30N2O2S/c1-7-16(5)23(21(24)8-2)11-18-13-26-20(22-18)12-25-19-10-14(3)9-15(4)17(19)6/h9-10,13,16H,7-8,11-12H2,1-6H3. The van der Waals surface area contributed by atoms with Crippen LogP contribution in [0.4, 0.5) is 0 Å². The van der Waals surface area contributed by atoms with Crippen molar-refractivity contribution in [1.82, 2.24) is 9.88 Å². The first-order valence-electron chi connectivity index (χ1n) is 9.29. The van der Waals surface area contributed by atoms with Crippen molar-refractivity contribution in [3.8, 4) is 5.75 Å². The highest BCUT2D eigenvalue weighted by Gasteiger charge is 2.19. The third-order valence-electron chi connectivity index (χ3n) is 4.79. The van der Waals surface area contributed by atoms with E-state index in [1.54, 1.807) is 11.3 Å². The number of carbonyl (C=O) groups is 1. The van der Waals surface area contributed by atoms with Gasteiger partial charge >= 0.3 is 0 Å². The monoisotopic (exact) mass is 374 g/mol. The zero-order valence-corrected chi connectivity index (χ0v) is 17.6. The van der Waals surface area contributed by atoms with Gasteiger partial charge in [-0.1, -0.05) is 19.9 Å². The SMILES string of the molecule is CCC(=O)N(Cc1csc(COc2cc(C)cc(C)c2C)n1)C(C)CC. The summed E-state index contributed by atoms with van der Waals surface area (Å²) in [6.07, 6.45) is 1.47. The summed E-state index contributed by atoms with van der Waals surface area (Å²) in [6, 6.07) is 4.46. The number of carbonyl (C=O) groups excluding carboxylic acids is 1. The van der Waals surface area contributed by atoms with Crippen molar-refractivity contribution in [2.45, 2.75) is 73.6 Å². The highest BCUT2D eigenvalue weighted by molar-refractivity contribution is 7.09. The topological polar surface area (TPSA) is 42.4 Å². The lowest BCUT2D eigenvalue weighted by atomic mass is 10.1. The van der Waals surface area contributed by atoms with Gasteiger partial charge in [-0.25, -0.2) is 4.98 Å². The molecule has 0 aliphatic carbocycles. The van der Waals surface area contributed by atoms with Gasteiger partial charge in [0.2, 0.25) is 5.91 Å². The Morgan fingerprint density at radius 3 is 2.65 bits per heavy atom. The van der Waals surface area contributed by atoms with Crippen molar-refractivity contribution in [3.63, 3.8) is 0 Å². The minimum Gasteiger partial charge on any atom is -0.486 e. The lowest BCUT2D eigenvalue weighted by Crippen LogP contribution is -2.37. The fourth-order valence-electron chi connectivity index (χ4n) is 2.87. The molecule has 1 unspecified atom stereocenters. The normalized spacial score (nSPS) is 12.1. The molecular formula is C21H30N2O2S. The first-order chi connectivity index (χ1) is 12.3. The first-order valence-corrected chi connectivity index (χ1v) is 10.2. The van der Waals surface area contributed by atoms with Crippen LogP contribution < -0.4 is 4.74 Å². The third-order valence-corrected chi connectivity index (χ3v) is 5.66. The predicted molar refractivity (Wildman–Crippen MR) is 108 cm³/mol. The van der Waals surface area contributed by atoms with E-state index in [1.807, 2.05) is 17.2 Å². The lowest BCUT2D eigenvalue weighted by molar-refractivity contribution is -0.133. The van der Waals surface area contributed by atoms with Crippen molar-refractivity contribution in [3.05, 3.63) is 44.9 Å². The molecule has 0 spiro atoms. The second-order valence-electron chi connectivity index (χ2n) is 6.86. The molecule has 1 aromatic carbocycles. The number of amides is 1. The largest absolute Gasteiger partial charge is 0.486 e. The summed E-state index contributed by atoms with van der Waals surface area (Å²) in [5.74, 6) is 1.10. The highest BCUT2D eigenvalue weighted by Crippen LogP contribution is 2.25. The molecule has 26 heavy (non-hydrogen) atoms. The average Bonchev–Trinajstić information content (AvgIpc) is 3.07. The Labute approximate surface area is 161 Å². The van der Waals surface area contributed by atoms with E-state index in [0.717, 1.165) is 22.9 Å². The molecule has 0 fully saturated rings. The van der Waals surface area contributed by atoms with Gasteiger partial charge in [0.1, 0.15) is 17.4 Å². The predicted octanol–water partition coefficient (Wildman–Crippen LogP) is 5.18. The third kappa shape index (κ3) is 5.07. The molecule has 2 aromatic rings. The van der Waals surface area contributed by atoms with Crippen LogP contribution in [0.1, 0.15) is 61.0 Å². The molecular weight excluding hydrogens is 344 g/mol. The fraction of sp³-hybridized carbons (Fsp3) is 0.524. The van der Waals surface area contributed by atoms with E-state index in [0.29, 0.717) is 19.6 Å². The van der Waals surface area contributed by atoms with Gasteiger partial charge in [-0.2, -0.15) is 0 Å². The number of rotatable bonds is 8. The molecule has 0 saturated carbocycles. The van der Waals surface area contributed by atoms with Crippen molar-refractivity contribution >= 4 is 17.2 Å². The molecule has 2 rings (SSSR count). The number of benzene rings is 1. The summed E-state index contributed by atoms with van der Waals surface area (Å²) in [6.45, 7) is 13.4. The van der Waals surface area contributed by atoms with Crippen LogP contribution in [0, 0.1) is 20.8 Å². The van der Waals surface area contributed by atoms with Crippen molar-refractivity contribution in [2.24, 2.45) is 0 Å². The quantitative estimate of drug-likeness (QED) is 0.639. The molecule has 1 heterocycles. The van der Waals surface area contributed by atoms with Crippen LogP contribution in [0.2, 0.25) is 0 Å². The van der Waals surface area contributed by atoms with Gasteiger partial charge in [-0.3, -0.25) is 4.79 Å². The van der Waals surface area contributed by atoms with E-state index in [-0.39, 0.29) is 11.9 Å². The van der Waals surface area contributed by atoms with E-state index in [4.69, 9.17) is 4.74 Å². The maximum atomic E-state index is 12.2. The Morgan fingerprint density at radius 2 is 2.00 bits per heavy atom. The van der Waals surface area contributed by atoms with E-state index < -0.39 is 0 Å². The van der Waals surface area contributed by atoms with Gasteiger partial charge in [0.15, 0.2) is 0 Å². The maximum Gasteiger partial charge on any atom is 0.222 e. The van der Waals surface area contributed by atoms with Gasteiger partial charge in [0, 0.05) is 17.8 Å². The highest BCUT2D eigenvalue weighted by atomic mass is 32.1. The average molecular weight is 375 g/mol. The van der Waals surface area contributed by atoms with Crippen LogP contribution in [0.25, 0.3) is 0 Å². The molecule has 1 atom stereocenters. The molecule has 0 saturated heterocycles. The Hall–Kier alpha value is -1.88. The van der Waals surface area contributed by atoms with Crippen LogP contribution in [-0.2, 0) is 17.9 Å². The van der Waals surface area contributed by atoms with E-state index in [1.165, 1.54) is 16.7 Å².